The third-order valence-corrected chi connectivity index (χ3v) is 3.35. The van der Waals surface area contributed by atoms with Gasteiger partial charge in [0, 0.05) is 6.20 Å². The molecule has 9 heteroatoms. The monoisotopic (exact) mass is 295 g/mol. The Morgan fingerprint density at radius 3 is 2.95 bits per heavy atom. The van der Waals surface area contributed by atoms with Gasteiger partial charge in [-0.05, 0) is 12.1 Å². The number of nitro groups is 1. The second-order valence-electron chi connectivity index (χ2n) is 3.62. The Bertz CT molecular complexity index is 742. The van der Waals surface area contributed by atoms with E-state index in [1.807, 2.05) is 0 Å². The summed E-state index contributed by atoms with van der Waals surface area (Å²) < 4.78 is 5.53. The molecule has 0 aliphatic carbocycles. The summed E-state index contributed by atoms with van der Waals surface area (Å²) in [5.74, 6) is -0.716. The van der Waals surface area contributed by atoms with Crippen LogP contribution in [0.4, 0.5) is 5.69 Å². The first-order valence-electron chi connectivity index (χ1n) is 5.40. The minimum Gasteiger partial charge on any atom is -0.468 e. The maximum Gasteiger partial charge on any atom is 0.366 e. The Balaban J connectivity index is 2.57. The molecule has 2 rings (SSSR count). The molecule has 0 aliphatic heterocycles. The van der Waals surface area contributed by atoms with Gasteiger partial charge in [0.2, 0.25) is 0 Å². The third kappa shape index (κ3) is 2.62. The van der Waals surface area contributed by atoms with E-state index in [1.54, 1.807) is 18.2 Å². The molecule has 0 saturated carbocycles. The van der Waals surface area contributed by atoms with Gasteiger partial charge < -0.3 is 4.74 Å². The zero-order valence-electron chi connectivity index (χ0n) is 10.3. The number of hydrogen-bond donors (Lipinski definition) is 0. The van der Waals surface area contributed by atoms with Gasteiger partial charge in [0.15, 0.2) is 5.03 Å². The van der Waals surface area contributed by atoms with Crippen LogP contribution in [0.2, 0.25) is 0 Å². The van der Waals surface area contributed by atoms with Gasteiger partial charge >= 0.3 is 17.2 Å². The van der Waals surface area contributed by atoms with Gasteiger partial charge in [-0.1, -0.05) is 17.8 Å². The Morgan fingerprint density at radius 1 is 1.55 bits per heavy atom. The van der Waals surface area contributed by atoms with E-state index in [1.165, 1.54) is 13.3 Å². The molecular formula is C11H9N3O5S. The summed E-state index contributed by atoms with van der Waals surface area (Å²) in [4.78, 5) is 37.4. The van der Waals surface area contributed by atoms with Crippen molar-refractivity contribution in [1.29, 1.82) is 0 Å². The topological polar surface area (TPSA) is 104 Å². The zero-order chi connectivity index (χ0) is 14.7. The summed E-state index contributed by atoms with van der Waals surface area (Å²) >= 11 is 0.796. The van der Waals surface area contributed by atoms with Crippen LogP contribution in [0.15, 0.2) is 34.2 Å². The number of fused-ring (bicyclic) bond motifs is 1. The predicted molar refractivity (Wildman–Crippen MR) is 70.9 cm³/mol. The summed E-state index contributed by atoms with van der Waals surface area (Å²) in [6.45, 7) is 0. The SMILES string of the molecule is COC(=O)CSc1nc2ccccn2c(=O)c1[N+](=O)[O-]. The van der Waals surface area contributed by atoms with Gasteiger partial charge in [-0.25, -0.2) is 4.98 Å². The average molecular weight is 295 g/mol. The molecule has 0 aromatic carbocycles. The molecule has 0 unspecified atom stereocenters. The number of carbonyl (C=O) groups is 1. The van der Waals surface area contributed by atoms with Gasteiger partial charge in [0.1, 0.15) is 5.65 Å². The minimum absolute atomic E-state index is 0.100. The van der Waals surface area contributed by atoms with E-state index >= 15 is 0 Å². The van der Waals surface area contributed by atoms with Crippen molar-refractivity contribution in [3.63, 3.8) is 0 Å². The summed E-state index contributed by atoms with van der Waals surface area (Å²) in [5.41, 5.74) is -1.16. The van der Waals surface area contributed by atoms with Crippen LogP contribution >= 0.6 is 11.8 Å². The Morgan fingerprint density at radius 2 is 2.30 bits per heavy atom. The number of nitrogens with zero attached hydrogens (tertiary/aromatic N) is 3. The highest BCUT2D eigenvalue weighted by molar-refractivity contribution is 8.00. The van der Waals surface area contributed by atoms with E-state index in [9.17, 15) is 19.7 Å². The molecule has 0 atom stereocenters. The lowest BCUT2D eigenvalue weighted by atomic mass is 10.4. The molecule has 2 aromatic rings. The van der Waals surface area contributed by atoms with E-state index < -0.39 is 22.1 Å². The second-order valence-corrected chi connectivity index (χ2v) is 4.59. The molecule has 0 radical (unpaired) electrons. The van der Waals surface area contributed by atoms with Gasteiger partial charge in [0.05, 0.1) is 17.8 Å². The standard InChI is InChI=1S/C11H9N3O5S/c1-19-8(15)6-20-10-9(14(17)18)11(16)13-5-3-2-4-7(13)12-10/h2-5H,6H2,1H3. The highest BCUT2D eigenvalue weighted by atomic mass is 32.2. The van der Waals surface area contributed by atoms with Crippen molar-refractivity contribution in [3.8, 4) is 0 Å². The third-order valence-electron chi connectivity index (χ3n) is 2.42. The molecule has 104 valence electrons. The number of thioether (sulfide) groups is 1. The number of esters is 1. The quantitative estimate of drug-likeness (QED) is 0.271. The molecule has 0 bridgehead atoms. The fourth-order valence-electron chi connectivity index (χ4n) is 1.50. The van der Waals surface area contributed by atoms with Crippen LogP contribution < -0.4 is 5.56 Å². The molecule has 2 heterocycles. The first-order chi connectivity index (χ1) is 9.54. The number of methoxy groups -OCH3 is 1. The lowest BCUT2D eigenvalue weighted by Gasteiger charge is -2.04. The summed E-state index contributed by atoms with van der Waals surface area (Å²) in [6, 6.07) is 4.77. The smallest absolute Gasteiger partial charge is 0.366 e. The maximum atomic E-state index is 12.1. The van der Waals surface area contributed by atoms with E-state index in [0.717, 1.165) is 16.2 Å². The van der Waals surface area contributed by atoms with Gasteiger partial charge in [-0.3, -0.25) is 24.1 Å². The highest BCUT2D eigenvalue weighted by Crippen LogP contribution is 2.24. The molecule has 0 amide bonds. The summed E-state index contributed by atoms with van der Waals surface area (Å²) in [7, 11) is 1.21. The first-order valence-corrected chi connectivity index (χ1v) is 6.38. The van der Waals surface area contributed by atoms with E-state index in [2.05, 4.69) is 9.72 Å². The molecule has 0 spiro atoms. The van der Waals surface area contributed by atoms with Crippen LogP contribution in [0.3, 0.4) is 0 Å². The molecule has 0 aliphatic rings. The molecule has 2 aromatic heterocycles. The zero-order valence-corrected chi connectivity index (χ0v) is 11.1. The molecule has 8 nitrogen and oxygen atoms in total. The van der Waals surface area contributed by atoms with Crippen molar-refractivity contribution in [1.82, 2.24) is 9.38 Å². The Hall–Kier alpha value is -2.42. The van der Waals surface area contributed by atoms with Gasteiger partial charge in [0.25, 0.3) is 0 Å². The minimum atomic E-state index is -0.797. The van der Waals surface area contributed by atoms with Crippen LogP contribution in [0.5, 0.6) is 0 Å². The van der Waals surface area contributed by atoms with Crippen molar-refractivity contribution in [2.24, 2.45) is 0 Å². The molecule has 0 fully saturated rings. The lowest BCUT2D eigenvalue weighted by Crippen LogP contribution is -2.20. The van der Waals surface area contributed by atoms with Crippen molar-refractivity contribution in [2.45, 2.75) is 5.03 Å². The molecule has 0 saturated heterocycles. The van der Waals surface area contributed by atoms with E-state index in [-0.39, 0.29) is 16.4 Å². The number of rotatable bonds is 4. The fourth-order valence-corrected chi connectivity index (χ4v) is 2.33. The fraction of sp³-hybridized carbons (Fsp3) is 0.182. The Kier molecular flexibility index (Phi) is 3.99. The van der Waals surface area contributed by atoms with Crippen LogP contribution in [0.1, 0.15) is 0 Å². The number of carbonyl (C=O) groups excluding carboxylic acids is 1. The van der Waals surface area contributed by atoms with E-state index in [0.29, 0.717) is 0 Å². The second kappa shape index (κ2) is 5.70. The first kappa shape index (κ1) is 14.0. The summed E-state index contributed by atoms with van der Waals surface area (Å²) in [6.07, 6.45) is 1.40. The Labute approximate surface area is 116 Å². The van der Waals surface area contributed by atoms with E-state index in [4.69, 9.17) is 0 Å². The van der Waals surface area contributed by atoms with Gasteiger partial charge in [-0.15, -0.1) is 0 Å². The molecule has 0 N–H and O–H groups in total. The van der Waals surface area contributed by atoms with Crippen LogP contribution in [-0.4, -0.2) is 33.1 Å². The van der Waals surface area contributed by atoms with Crippen LogP contribution in [0, 0.1) is 10.1 Å². The van der Waals surface area contributed by atoms with Crippen LogP contribution in [-0.2, 0) is 9.53 Å². The number of pyridine rings is 1. The largest absolute Gasteiger partial charge is 0.468 e. The predicted octanol–water partition coefficient (Wildman–Crippen LogP) is 0.868. The number of aromatic nitrogens is 2. The van der Waals surface area contributed by atoms with Crippen LogP contribution in [0.25, 0.3) is 5.65 Å². The summed E-state index contributed by atoms with van der Waals surface area (Å²) in [5, 5.41) is 10.9. The van der Waals surface area contributed by atoms with Gasteiger partial charge in [-0.2, -0.15) is 0 Å². The van der Waals surface area contributed by atoms with Crippen molar-refractivity contribution in [2.75, 3.05) is 12.9 Å². The number of hydrogen-bond acceptors (Lipinski definition) is 7. The van der Waals surface area contributed by atoms with Crippen molar-refractivity contribution < 1.29 is 14.5 Å². The normalized spacial score (nSPS) is 10.4. The molecular weight excluding hydrogens is 286 g/mol. The number of ether oxygens (including phenoxy) is 1. The molecule has 20 heavy (non-hydrogen) atoms. The highest BCUT2D eigenvalue weighted by Gasteiger charge is 2.24. The lowest BCUT2D eigenvalue weighted by molar-refractivity contribution is -0.389. The average Bonchev–Trinajstić information content (AvgIpc) is 2.44. The van der Waals surface area contributed by atoms with Crippen molar-refractivity contribution in [3.05, 3.63) is 44.9 Å². The maximum absolute atomic E-state index is 12.1. The van der Waals surface area contributed by atoms with Crippen molar-refractivity contribution >= 4 is 29.1 Å².